The number of nitrogens with zero attached hydrogens (tertiary/aromatic N) is 2. The number of rotatable bonds is 6. The highest BCUT2D eigenvalue weighted by Crippen LogP contribution is 2.05. The van der Waals surface area contributed by atoms with Gasteiger partial charge in [-0.15, -0.1) is 10.1 Å². The maximum Gasteiger partial charge on any atom is 0.291 e. The predicted molar refractivity (Wildman–Crippen MR) is 64.6 cm³/mol. The standard InChI is InChI=1S/C11H20N2.HNO3/c1-3-5-7-10-9-12-11(13-10)8-6-4-2;2-1(3)4/h9H,3-8H2,1-2H3,(H,12,13);(H,2,3,4). The van der Waals surface area contributed by atoms with E-state index in [1.165, 1.54) is 31.4 Å². The van der Waals surface area contributed by atoms with Gasteiger partial charge in [0.15, 0.2) is 0 Å². The van der Waals surface area contributed by atoms with Crippen molar-refractivity contribution in [3.05, 3.63) is 27.8 Å². The fraction of sp³-hybridized carbons (Fsp3) is 0.727. The van der Waals surface area contributed by atoms with Crippen molar-refractivity contribution in [1.82, 2.24) is 9.97 Å². The van der Waals surface area contributed by atoms with Crippen molar-refractivity contribution in [2.24, 2.45) is 0 Å². The fourth-order valence-corrected chi connectivity index (χ4v) is 1.36. The summed E-state index contributed by atoms with van der Waals surface area (Å²) in [6, 6.07) is 0. The number of unbranched alkanes of at least 4 members (excludes halogenated alkanes) is 2. The second kappa shape index (κ2) is 9.62. The van der Waals surface area contributed by atoms with Crippen LogP contribution in [0.4, 0.5) is 0 Å². The first-order valence-electron chi connectivity index (χ1n) is 5.96. The van der Waals surface area contributed by atoms with Gasteiger partial charge in [-0.05, 0) is 19.3 Å². The second-order valence-corrected chi connectivity index (χ2v) is 3.78. The Morgan fingerprint density at radius 3 is 2.41 bits per heavy atom. The summed E-state index contributed by atoms with van der Waals surface area (Å²) in [4.78, 5) is 16.1. The second-order valence-electron chi connectivity index (χ2n) is 3.78. The molecule has 98 valence electrons. The summed E-state index contributed by atoms with van der Waals surface area (Å²) in [5, 5.41) is 13.6. The zero-order chi connectivity index (χ0) is 13.1. The lowest BCUT2D eigenvalue weighted by Crippen LogP contribution is -1.89. The highest BCUT2D eigenvalue weighted by atomic mass is 16.9. The van der Waals surface area contributed by atoms with Crippen molar-refractivity contribution in [3.63, 3.8) is 0 Å². The van der Waals surface area contributed by atoms with E-state index in [0.717, 1.165) is 18.7 Å². The first-order valence-corrected chi connectivity index (χ1v) is 5.96. The van der Waals surface area contributed by atoms with Crippen LogP contribution in [0, 0.1) is 10.1 Å². The molecule has 0 radical (unpaired) electrons. The lowest BCUT2D eigenvalue weighted by atomic mass is 10.2. The highest BCUT2D eigenvalue weighted by molar-refractivity contribution is 5.01. The summed E-state index contributed by atoms with van der Waals surface area (Å²) in [5.41, 5.74) is 1.23. The third kappa shape index (κ3) is 9.35. The largest absolute Gasteiger partial charge is 0.348 e. The molecule has 1 aromatic rings. The molecule has 0 aliphatic carbocycles. The number of hydrogen-bond acceptors (Lipinski definition) is 3. The molecule has 0 atom stereocenters. The lowest BCUT2D eigenvalue weighted by molar-refractivity contribution is -0.742. The minimum absolute atomic E-state index is 1.10. The molecule has 1 aromatic heterocycles. The van der Waals surface area contributed by atoms with Crippen LogP contribution in [0.15, 0.2) is 6.20 Å². The van der Waals surface area contributed by atoms with Crippen LogP contribution >= 0.6 is 0 Å². The Bertz CT molecular complexity index is 286. The smallest absolute Gasteiger partial charge is 0.291 e. The molecule has 1 heterocycles. The van der Waals surface area contributed by atoms with Gasteiger partial charge in [0.05, 0.1) is 5.69 Å². The van der Waals surface area contributed by atoms with Crippen molar-refractivity contribution in [2.75, 3.05) is 0 Å². The molecule has 0 aromatic carbocycles. The Kier molecular flexibility index (Phi) is 8.72. The fourth-order valence-electron chi connectivity index (χ4n) is 1.36. The quantitative estimate of drug-likeness (QED) is 0.593. The number of H-pyrrole nitrogens is 1. The SMILES string of the molecule is CCCCc1c[nH]c(CCCC)n1.O=[N+]([O-])O. The molecule has 0 spiro atoms. The number of aryl methyl sites for hydroxylation is 2. The van der Waals surface area contributed by atoms with Crippen LogP contribution in [0.1, 0.15) is 51.0 Å². The monoisotopic (exact) mass is 243 g/mol. The number of aromatic nitrogens is 2. The highest BCUT2D eigenvalue weighted by Gasteiger charge is 1.99. The normalized spacial score (nSPS) is 9.53. The van der Waals surface area contributed by atoms with E-state index < -0.39 is 5.09 Å². The van der Waals surface area contributed by atoms with Gasteiger partial charge in [0.25, 0.3) is 5.09 Å². The minimum Gasteiger partial charge on any atom is -0.348 e. The van der Waals surface area contributed by atoms with Crippen LogP contribution < -0.4 is 0 Å². The predicted octanol–water partition coefficient (Wildman–Crippen LogP) is 2.75. The summed E-state index contributed by atoms with van der Waals surface area (Å²) in [6.07, 6.45) is 9.25. The van der Waals surface area contributed by atoms with E-state index in [9.17, 15) is 0 Å². The van der Waals surface area contributed by atoms with Crippen LogP contribution in [-0.2, 0) is 12.8 Å². The summed E-state index contributed by atoms with van der Waals surface area (Å²) < 4.78 is 0. The Balaban J connectivity index is 0.000000557. The third-order valence-corrected chi connectivity index (χ3v) is 2.24. The Morgan fingerprint density at radius 2 is 1.88 bits per heavy atom. The van der Waals surface area contributed by atoms with Crippen LogP contribution in [0.5, 0.6) is 0 Å². The van der Waals surface area contributed by atoms with E-state index >= 15 is 0 Å². The van der Waals surface area contributed by atoms with E-state index in [0.29, 0.717) is 0 Å². The molecule has 17 heavy (non-hydrogen) atoms. The van der Waals surface area contributed by atoms with Crippen LogP contribution in [-0.4, -0.2) is 20.3 Å². The number of aromatic amines is 1. The average molecular weight is 243 g/mol. The van der Waals surface area contributed by atoms with Gasteiger partial charge in [0.1, 0.15) is 5.82 Å². The van der Waals surface area contributed by atoms with Crippen molar-refractivity contribution in [3.8, 4) is 0 Å². The number of hydrogen-bond donors (Lipinski definition) is 2. The molecular weight excluding hydrogens is 222 g/mol. The van der Waals surface area contributed by atoms with E-state index in [2.05, 4.69) is 30.0 Å². The molecular formula is C11H21N3O3. The molecule has 1 rings (SSSR count). The third-order valence-electron chi connectivity index (χ3n) is 2.24. The Morgan fingerprint density at radius 1 is 1.35 bits per heavy atom. The summed E-state index contributed by atoms with van der Waals surface area (Å²) >= 11 is 0. The number of nitrogens with one attached hydrogen (secondary N) is 1. The van der Waals surface area contributed by atoms with Crippen LogP contribution in [0.25, 0.3) is 0 Å². The topological polar surface area (TPSA) is 92.0 Å². The van der Waals surface area contributed by atoms with Gasteiger partial charge in [0, 0.05) is 12.6 Å². The van der Waals surface area contributed by atoms with Gasteiger partial charge >= 0.3 is 0 Å². The maximum absolute atomic E-state index is 8.36. The van der Waals surface area contributed by atoms with Crippen molar-refractivity contribution in [2.45, 2.75) is 52.4 Å². The van der Waals surface area contributed by atoms with Gasteiger partial charge in [0.2, 0.25) is 0 Å². The molecule has 0 saturated heterocycles. The van der Waals surface area contributed by atoms with Crippen molar-refractivity contribution < 1.29 is 10.3 Å². The first-order chi connectivity index (χ1) is 8.10. The van der Waals surface area contributed by atoms with Gasteiger partial charge < -0.3 is 10.2 Å². The lowest BCUT2D eigenvalue weighted by Gasteiger charge is -1.93. The van der Waals surface area contributed by atoms with Gasteiger partial charge in [-0.2, -0.15) is 0 Å². The van der Waals surface area contributed by atoms with Crippen LogP contribution in [0.2, 0.25) is 0 Å². The molecule has 0 bridgehead atoms. The summed E-state index contributed by atoms with van der Waals surface area (Å²) in [7, 11) is 0. The zero-order valence-electron chi connectivity index (χ0n) is 10.5. The summed E-state index contributed by atoms with van der Waals surface area (Å²) in [5.74, 6) is 1.16. The maximum atomic E-state index is 8.36. The minimum atomic E-state index is -1.50. The van der Waals surface area contributed by atoms with Crippen molar-refractivity contribution >= 4 is 0 Å². The molecule has 6 heteroatoms. The van der Waals surface area contributed by atoms with E-state index in [4.69, 9.17) is 15.3 Å². The Labute approximate surface area is 101 Å². The van der Waals surface area contributed by atoms with E-state index in [-0.39, 0.29) is 0 Å². The molecule has 0 saturated carbocycles. The molecule has 2 N–H and O–H groups in total. The molecule has 6 nitrogen and oxygen atoms in total. The molecule has 0 amide bonds. The van der Waals surface area contributed by atoms with E-state index in [1.807, 2.05) is 0 Å². The molecule has 0 fully saturated rings. The van der Waals surface area contributed by atoms with Crippen molar-refractivity contribution in [1.29, 1.82) is 0 Å². The van der Waals surface area contributed by atoms with Gasteiger partial charge in [-0.3, -0.25) is 0 Å². The van der Waals surface area contributed by atoms with Gasteiger partial charge in [-0.25, -0.2) is 4.98 Å². The average Bonchev–Trinajstić information content (AvgIpc) is 2.70. The zero-order valence-corrected chi connectivity index (χ0v) is 10.5. The van der Waals surface area contributed by atoms with E-state index in [1.54, 1.807) is 0 Å². The number of imidazole rings is 1. The molecule has 0 aliphatic heterocycles. The summed E-state index contributed by atoms with van der Waals surface area (Å²) in [6.45, 7) is 4.42. The Hall–Kier alpha value is -1.59. The molecule has 0 aliphatic rings. The first kappa shape index (κ1) is 15.4. The van der Waals surface area contributed by atoms with Crippen LogP contribution in [0.3, 0.4) is 0 Å². The molecule has 0 unspecified atom stereocenters. The van der Waals surface area contributed by atoms with Gasteiger partial charge in [-0.1, -0.05) is 26.7 Å².